The van der Waals surface area contributed by atoms with E-state index in [4.69, 9.17) is 23.2 Å². The van der Waals surface area contributed by atoms with E-state index in [0.717, 1.165) is 14.9 Å². The summed E-state index contributed by atoms with van der Waals surface area (Å²) >= 11 is 15.4. The first-order valence-corrected chi connectivity index (χ1v) is 10.3. The van der Waals surface area contributed by atoms with E-state index in [-0.39, 0.29) is 17.5 Å². The molecule has 1 N–H and O–H groups in total. The monoisotopic (exact) mass is 497 g/mol. The molecule has 29 heavy (non-hydrogen) atoms. The molecule has 6 nitrogen and oxygen atoms in total. The lowest BCUT2D eigenvalue weighted by atomic mass is 9.92. The molecule has 3 rings (SSSR count). The Kier molecular flexibility index (Phi) is 6.22. The molecule has 1 atom stereocenters. The van der Waals surface area contributed by atoms with Crippen LogP contribution in [0.3, 0.4) is 0 Å². The number of nitrogens with one attached hydrogen (secondary N) is 1. The Morgan fingerprint density at radius 2 is 1.86 bits per heavy atom. The topological polar surface area (TPSA) is 69.7 Å². The Morgan fingerprint density at radius 3 is 2.52 bits per heavy atom. The highest BCUT2D eigenvalue weighted by Gasteiger charge is 2.49. The average molecular weight is 499 g/mol. The maximum Gasteiger partial charge on any atom is 0.325 e. The summed E-state index contributed by atoms with van der Waals surface area (Å²) in [6.07, 6.45) is 0. The first kappa shape index (κ1) is 21.6. The predicted octanol–water partition coefficient (Wildman–Crippen LogP) is 4.18. The van der Waals surface area contributed by atoms with Crippen molar-refractivity contribution in [1.29, 1.82) is 0 Å². The van der Waals surface area contributed by atoms with Crippen LogP contribution in [0.4, 0.5) is 4.79 Å². The largest absolute Gasteiger partial charge is 0.340 e. The molecule has 9 heteroatoms. The Balaban J connectivity index is 1.75. The van der Waals surface area contributed by atoms with E-state index in [1.54, 1.807) is 26.1 Å². The lowest BCUT2D eigenvalue weighted by molar-refractivity contribution is -0.138. The number of carbonyl (C=O) groups is 3. The van der Waals surface area contributed by atoms with Gasteiger partial charge in [-0.25, -0.2) is 4.79 Å². The minimum atomic E-state index is -1.33. The molecule has 2 aromatic rings. The van der Waals surface area contributed by atoms with Crippen LogP contribution in [-0.2, 0) is 21.7 Å². The molecule has 1 aliphatic heterocycles. The SMILES string of the molecule is CN(Cc1ccccc1Br)C(=O)CN1C(=O)NC(C)(c2ccc(Cl)c(Cl)c2)C1=O. The van der Waals surface area contributed by atoms with Crippen LogP contribution in [0.2, 0.25) is 10.0 Å². The number of amides is 4. The molecule has 1 heterocycles. The molecule has 0 aliphatic carbocycles. The van der Waals surface area contributed by atoms with Crippen molar-refractivity contribution < 1.29 is 14.4 Å². The summed E-state index contributed by atoms with van der Waals surface area (Å²) < 4.78 is 0.877. The number of imide groups is 1. The van der Waals surface area contributed by atoms with Gasteiger partial charge in [0.15, 0.2) is 0 Å². The number of likely N-dealkylation sites (N-methyl/N-ethyl adjacent to an activating group) is 1. The van der Waals surface area contributed by atoms with Crippen LogP contribution < -0.4 is 5.32 Å². The molecule has 2 aromatic carbocycles. The minimum Gasteiger partial charge on any atom is -0.340 e. The van der Waals surface area contributed by atoms with Crippen molar-refractivity contribution in [2.45, 2.75) is 19.0 Å². The lowest BCUT2D eigenvalue weighted by Crippen LogP contribution is -2.43. The normalized spacial score (nSPS) is 18.7. The quantitative estimate of drug-likeness (QED) is 0.628. The number of carbonyl (C=O) groups excluding carboxylic acids is 3. The van der Waals surface area contributed by atoms with E-state index >= 15 is 0 Å². The molecule has 1 saturated heterocycles. The molecule has 0 spiro atoms. The second-order valence-corrected chi connectivity index (χ2v) is 8.59. The number of benzene rings is 2. The Labute approximate surface area is 186 Å². The van der Waals surface area contributed by atoms with Crippen LogP contribution in [-0.4, -0.2) is 41.2 Å². The van der Waals surface area contributed by atoms with Gasteiger partial charge >= 0.3 is 6.03 Å². The van der Waals surface area contributed by atoms with Gasteiger partial charge in [-0.3, -0.25) is 14.5 Å². The van der Waals surface area contributed by atoms with Crippen molar-refractivity contribution in [2.75, 3.05) is 13.6 Å². The third-order valence-electron chi connectivity index (χ3n) is 4.86. The summed E-state index contributed by atoms with van der Waals surface area (Å²) in [5, 5.41) is 3.27. The first-order chi connectivity index (χ1) is 13.6. The van der Waals surface area contributed by atoms with Crippen LogP contribution in [0.15, 0.2) is 46.9 Å². The van der Waals surface area contributed by atoms with E-state index in [9.17, 15) is 14.4 Å². The highest BCUT2D eigenvalue weighted by molar-refractivity contribution is 9.10. The van der Waals surface area contributed by atoms with Crippen molar-refractivity contribution in [3.05, 3.63) is 68.1 Å². The molecular weight excluding hydrogens is 481 g/mol. The molecule has 152 valence electrons. The minimum absolute atomic E-state index is 0.273. The molecule has 4 amide bonds. The highest BCUT2D eigenvalue weighted by atomic mass is 79.9. The van der Waals surface area contributed by atoms with Crippen molar-refractivity contribution in [1.82, 2.24) is 15.1 Å². The van der Waals surface area contributed by atoms with Gasteiger partial charge in [-0.15, -0.1) is 0 Å². The Bertz CT molecular complexity index is 1000. The molecule has 0 bridgehead atoms. The standard InChI is InChI=1S/C20H18BrCl2N3O3/c1-20(13-7-8-15(22)16(23)9-13)18(28)26(19(29)24-20)11-17(27)25(2)10-12-5-3-4-6-14(12)21/h3-9H,10-11H2,1-2H3,(H,24,29). The van der Waals surface area contributed by atoms with Gasteiger partial charge in [0, 0.05) is 18.1 Å². The van der Waals surface area contributed by atoms with E-state index < -0.39 is 17.5 Å². The van der Waals surface area contributed by atoms with E-state index in [1.807, 2.05) is 24.3 Å². The fourth-order valence-electron chi connectivity index (χ4n) is 3.07. The highest BCUT2D eigenvalue weighted by Crippen LogP contribution is 2.33. The molecule has 1 fully saturated rings. The van der Waals surface area contributed by atoms with E-state index in [1.165, 1.54) is 11.0 Å². The van der Waals surface area contributed by atoms with Crippen LogP contribution in [0.25, 0.3) is 0 Å². The zero-order valence-corrected chi connectivity index (χ0v) is 18.8. The fourth-order valence-corrected chi connectivity index (χ4v) is 3.78. The van der Waals surface area contributed by atoms with Crippen molar-refractivity contribution in [3.8, 4) is 0 Å². The Morgan fingerprint density at radius 1 is 1.17 bits per heavy atom. The number of halogens is 3. The molecular formula is C20H18BrCl2N3O3. The summed E-state index contributed by atoms with van der Waals surface area (Å²) in [4.78, 5) is 40.5. The van der Waals surface area contributed by atoms with Gasteiger partial charge in [-0.2, -0.15) is 0 Å². The van der Waals surface area contributed by atoms with Gasteiger partial charge in [0.25, 0.3) is 5.91 Å². The maximum atomic E-state index is 13.0. The van der Waals surface area contributed by atoms with E-state index in [2.05, 4.69) is 21.2 Å². The number of rotatable bonds is 5. The van der Waals surface area contributed by atoms with Gasteiger partial charge in [-0.1, -0.05) is 63.4 Å². The van der Waals surface area contributed by atoms with Gasteiger partial charge in [0.1, 0.15) is 12.1 Å². The van der Waals surface area contributed by atoms with E-state index in [0.29, 0.717) is 17.1 Å². The molecule has 1 unspecified atom stereocenters. The average Bonchev–Trinajstić information content (AvgIpc) is 2.89. The summed E-state index contributed by atoms with van der Waals surface area (Å²) in [6.45, 7) is 1.55. The summed E-state index contributed by atoms with van der Waals surface area (Å²) in [7, 11) is 1.62. The Hall–Kier alpha value is -2.09. The van der Waals surface area contributed by atoms with Crippen molar-refractivity contribution in [3.63, 3.8) is 0 Å². The molecule has 0 radical (unpaired) electrons. The van der Waals surface area contributed by atoms with Crippen LogP contribution in [0, 0.1) is 0 Å². The van der Waals surface area contributed by atoms with Crippen LogP contribution in [0.5, 0.6) is 0 Å². The number of hydrogen-bond acceptors (Lipinski definition) is 3. The van der Waals surface area contributed by atoms with Crippen LogP contribution >= 0.6 is 39.1 Å². The van der Waals surface area contributed by atoms with Gasteiger partial charge in [0.05, 0.1) is 10.0 Å². The molecule has 1 aliphatic rings. The second kappa shape index (κ2) is 8.34. The van der Waals surface area contributed by atoms with Gasteiger partial charge < -0.3 is 10.2 Å². The smallest absolute Gasteiger partial charge is 0.325 e. The zero-order chi connectivity index (χ0) is 21.3. The van der Waals surface area contributed by atoms with Crippen molar-refractivity contribution in [2.24, 2.45) is 0 Å². The summed E-state index contributed by atoms with van der Waals surface area (Å²) in [6, 6.07) is 11.6. The maximum absolute atomic E-state index is 13.0. The van der Waals surface area contributed by atoms with Crippen molar-refractivity contribution >= 4 is 57.0 Å². The second-order valence-electron chi connectivity index (χ2n) is 6.92. The third-order valence-corrected chi connectivity index (χ3v) is 6.37. The van der Waals surface area contributed by atoms with Crippen LogP contribution in [0.1, 0.15) is 18.1 Å². The number of urea groups is 1. The van der Waals surface area contributed by atoms with Gasteiger partial charge in [0.2, 0.25) is 5.91 Å². The van der Waals surface area contributed by atoms with Gasteiger partial charge in [-0.05, 0) is 36.2 Å². The fraction of sp³-hybridized carbons (Fsp3) is 0.250. The summed E-state index contributed by atoms with van der Waals surface area (Å²) in [5.74, 6) is -0.883. The number of hydrogen-bond donors (Lipinski definition) is 1. The number of nitrogens with zero attached hydrogens (tertiary/aromatic N) is 2. The zero-order valence-electron chi connectivity index (χ0n) is 15.7. The molecule has 0 aromatic heterocycles. The molecule has 0 saturated carbocycles. The predicted molar refractivity (Wildman–Crippen MR) is 115 cm³/mol. The summed E-state index contributed by atoms with van der Waals surface area (Å²) in [5.41, 5.74) is 0.0788. The lowest BCUT2D eigenvalue weighted by Gasteiger charge is -2.24. The third kappa shape index (κ3) is 4.27. The first-order valence-electron chi connectivity index (χ1n) is 8.70.